The Bertz CT molecular complexity index is 1350. The molecule has 0 unspecified atom stereocenters. The van der Waals surface area contributed by atoms with E-state index >= 15 is 0 Å². The third-order valence-electron chi connectivity index (χ3n) is 7.86. The normalized spacial score (nSPS) is 20.2. The summed E-state index contributed by atoms with van der Waals surface area (Å²) in [7, 11) is 1.59. The van der Waals surface area contributed by atoms with Crippen LogP contribution in [0.15, 0.2) is 60.7 Å². The monoisotopic (exact) mass is 514 g/mol. The van der Waals surface area contributed by atoms with E-state index in [-0.39, 0.29) is 29.0 Å². The molecule has 0 radical (unpaired) electrons. The van der Waals surface area contributed by atoms with Crippen molar-refractivity contribution in [3.8, 4) is 17.2 Å². The topological polar surface area (TPSA) is 88.1 Å². The predicted molar refractivity (Wildman–Crippen MR) is 145 cm³/mol. The molecule has 1 aliphatic heterocycles. The van der Waals surface area contributed by atoms with Crippen LogP contribution in [-0.4, -0.2) is 48.1 Å². The smallest absolute Gasteiger partial charge is 0.253 e. The highest BCUT2D eigenvalue weighted by molar-refractivity contribution is 5.97. The van der Waals surface area contributed by atoms with Crippen molar-refractivity contribution in [1.82, 2.24) is 10.2 Å². The Kier molecular flexibility index (Phi) is 7.02. The number of hydrogen-bond donors (Lipinski definition) is 2. The number of benzene rings is 3. The number of methoxy groups -OCH3 is 1. The molecule has 2 amide bonds. The van der Waals surface area contributed by atoms with Gasteiger partial charge in [0, 0.05) is 30.3 Å². The summed E-state index contributed by atoms with van der Waals surface area (Å²) in [5.74, 6) is 1.19. The SMILES string of the molecule is COc1cc(C)c(C(=O)NC2CC3(CCN(C(=O)c4ccc(O)c(C)c4)C3)C2)cc1OCc1ccccc1. The number of carbonyl (C=O) groups excluding carboxylic acids is 2. The summed E-state index contributed by atoms with van der Waals surface area (Å²) in [6.45, 7) is 5.47. The van der Waals surface area contributed by atoms with Gasteiger partial charge in [-0.25, -0.2) is 0 Å². The van der Waals surface area contributed by atoms with Crippen molar-refractivity contribution in [3.05, 3.63) is 88.5 Å². The maximum atomic E-state index is 13.2. The summed E-state index contributed by atoms with van der Waals surface area (Å²) in [4.78, 5) is 28.1. The molecular weight excluding hydrogens is 480 g/mol. The van der Waals surface area contributed by atoms with E-state index in [9.17, 15) is 14.7 Å². The number of hydrogen-bond acceptors (Lipinski definition) is 5. The molecule has 7 heteroatoms. The van der Waals surface area contributed by atoms with E-state index in [0.717, 1.165) is 30.4 Å². The first-order valence-electron chi connectivity index (χ1n) is 13.0. The molecule has 3 aromatic carbocycles. The van der Waals surface area contributed by atoms with Crippen LogP contribution in [0.2, 0.25) is 0 Å². The fourth-order valence-corrected chi connectivity index (χ4v) is 5.68. The summed E-state index contributed by atoms with van der Waals surface area (Å²) in [6, 6.07) is 18.5. The highest BCUT2D eigenvalue weighted by Gasteiger charge is 2.50. The van der Waals surface area contributed by atoms with Crippen molar-refractivity contribution in [2.75, 3.05) is 20.2 Å². The van der Waals surface area contributed by atoms with Crippen LogP contribution in [0.5, 0.6) is 17.2 Å². The number of nitrogens with one attached hydrogen (secondary N) is 1. The van der Waals surface area contributed by atoms with Gasteiger partial charge < -0.3 is 24.8 Å². The number of amides is 2. The molecule has 3 aromatic rings. The van der Waals surface area contributed by atoms with Crippen LogP contribution < -0.4 is 14.8 Å². The number of likely N-dealkylation sites (tertiary alicyclic amines) is 1. The molecule has 5 rings (SSSR count). The van der Waals surface area contributed by atoms with Crippen LogP contribution in [0.1, 0.15) is 56.7 Å². The molecule has 38 heavy (non-hydrogen) atoms. The third-order valence-corrected chi connectivity index (χ3v) is 7.86. The predicted octanol–water partition coefficient (Wildman–Crippen LogP) is 5.02. The van der Waals surface area contributed by atoms with Crippen molar-refractivity contribution in [2.45, 2.75) is 45.8 Å². The molecule has 1 spiro atoms. The fraction of sp³-hybridized carbons (Fsp3) is 0.355. The van der Waals surface area contributed by atoms with Gasteiger partial charge in [0.2, 0.25) is 0 Å². The van der Waals surface area contributed by atoms with Crippen molar-refractivity contribution in [1.29, 1.82) is 0 Å². The van der Waals surface area contributed by atoms with Crippen LogP contribution in [0, 0.1) is 19.3 Å². The Morgan fingerprint density at radius 3 is 2.50 bits per heavy atom. The number of ether oxygens (including phenoxy) is 2. The lowest BCUT2D eigenvalue weighted by Gasteiger charge is -2.45. The molecule has 2 N–H and O–H groups in total. The molecule has 1 aliphatic carbocycles. The van der Waals surface area contributed by atoms with E-state index in [1.807, 2.05) is 48.2 Å². The Morgan fingerprint density at radius 2 is 1.79 bits per heavy atom. The molecule has 1 saturated carbocycles. The van der Waals surface area contributed by atoms with Crippen LogP contribution in [0.3, 0.4) is 0 Å². The molecule has 2 fully saturated rings. The van der Waals surface area contributed by atoms with Gasteiger partial charge in [-0.2, -0.15) is 0 Å². The lowest BCUT2D eigenvalue weighted by molar-refractivity contribution is 0.0609. The first-order chi connectivity index (χ1) is 18.3. The zero-order chi connectivity index (χ0) is 26.9. The summed E-state index contributed by atoms with van der Waals surface area (Å²) >= 11 is 0. The van der Waals surface area contributed by atoms with Gasteiger partial charge in [0.1, 0.15) is 12.4 Å². The quantitative estimate of drug-likeness (QED) is 0.462. The Morgan fingerprint density at radius 1 is 1.03 bits per heavy atom. The molecule has 0 bridgehead atoms. The van der Waals surface area contributed by atoms with Gasteiger partial charge in [-0.15, -0.1) is 0 Å². The highest BCUT2D eigenvalue weighted by atomic mass is 16.5. The molecule has 0 atom stereocenters. The zero-order valence-electron chi connectivity index (χ0n) is 22.1. The number of phenolic OH excluding ortho intramolecular Hbond substituents is 1. The number of carbonyl (C=O) groups is 2. The zero-order valence-corrected chi connectivity index (χ0v) is 22.1. The van der Waals surface area contributed by atoms with Gasteiger partial charge in [-0.1, -0.05) is 30.3 Å². The van der Waals surface area contributed by atoms with E-state index in [4.69, 9.17) is 9.47 Å². The lowest BCUT2D eigenvalue weighted by atomic mass is 9.65. The van der Waals surface area contributed by atoms with Gasteiger partial charge in [0.15, 0.2) is 11.5 Å². The number of aromatic hydroxyl groups is 1. The first kappa shape index (κ1) is 25.6. The van der Waals surface area contributed by atoms with Crippen LogP contribution >= 0.6 is 0 Å². The van der Waals surface area contributed by atoms with E-state index < -0.39 is 0 Å². The Hall–Kier alpha value is -4.00. The minimum absolute atomic E-state index is 0.00523. The first-order valence-corrected chi connectivity index (χ1v) is 13.0. The second-order valence-electron chi connectivity index (χ2n) is 10.6. The Balaban J connectivity index is 1.19. The van der Waals surface area contributed by atoms with Gasteiger partial charge in [0.25, 0.3) is 11.8 Å². The summed E-state index contributed by atoms with van der Waals surface area (Å²) < 4.78 is 11.5. The van der Waals surface area contributed by atoms with Crippen molar-refractivity contribution >= 4 is 11.8 Å². The van der Waals surface area contributed by atoms with Gasteiger partial charge in [-0.05, 0) is 85.5 Å². The van der Waals surface area contributed by atoms with Crippen LogP contribution in [-0.2, 0) is 6.61 Å². The fourth-order valence-electron chi connectivity index (χ4n) is 5.68. The van der Waals surface area contributed by atoms with E-state index in [1.165, 1.54) is 0 Å². The van der Waals surface area contributed by atoms with E-state index in [0.29, 0.717) is 47.9 Å². The van der Waals surface area contributed by atoms with Gasteiger partial charge in [-0.3, -0.25) is 9.59 Å². The summed E-state index contributed by atoms with van der Waals surface area (Å²) in [6.07, 6.45) is 2.63. The maximum Gasteiger partial charge on any atom is 0.253 e. The van der Waals surface area contributed by atoms with E-state index in [1.54, 1.807) is 38.3 Å². The molecule has 198 valence electrons. The van der Waals surface area contributed by atoms with Gasteiger partial charge in [0.05, 0.1) is 7.11 Å². The molecule has 0 aromatic heterocycles. The molecular formula is C31H34N2O5. The molecule has 2 aliphatic rings. The summed E-state index contributed by atoms with van der Waals surface area (Å²) in [5, 5.41) is 13.0. The molecule has 1 heterocycles. The van der Waals surface area contributed by atoms with Crippen molar-refractivity contribution in [3.63, 3.8) is 0 Å². The average molecular weight is 515 g/mol. The van der Waals surface area contributed by atoms with E-state index in [2.05, 4.69) is 5.32 Å². The maximum absolute atomic E-state index is 13.2. The molecule has 1 saturated heterocycles. The third kappa shape index (κ3) is 5.19. The Labute approximate surface area is 223 Å². The largest absolute Gasteiger partial charge is 0.508 e. The number of nitrogens with zero attached hydrogens (tertiary/aromatic N) is 1. The minimum atomic E-state index is -0.125. The number of phenols is 1. The number of aryl methyl sites for hydroxylation is 2. The second kappa shape index (κ2) is 10.4. The van der Waals surface area contributed by atoms with Crippen LogP contribution in [0.4, 0.5) is 0 Å². The lowest BCUT2D eigenvalue weighted by Crippen LogP contribution is -2.52. The van der Waals surface area contributed by atoms with Crippen LogP contribution in [0.25, 0.3) is 0 Å². The highest BCUT2D eigenvalue weighted by Crippen LogP contribution is 2.48. The minimum Gasteiger partial charge on any atom is -0.508 e. The van der Waals surface area contributed by atoms with Crippen molar-refractivity contribution < 1.29 is 24.2 Å². The van der Waals surface area contributed by atoms with Gasteiger partial charge >= 0.3 is 0 Å². The second-order valence-corrected chi connectivity index (χ2v) is 10.6. The molecule has 7 nitrogen and oxygen atoms in total. The summed E-state index contributed by atoms with van der Waals surface area (Å²) in [5.41, 5.74) is 3.77. The number of rotatable bonds is 7. The standard InChI is InChI=1S/C31H34N2O5/c1-20-14-27(37-3)28(38-18-22-7-5-4-6-8-22)15-25(20)29(35)32-24-16-31(17-24)11-12-33(19-31)30(36)23-9-10-26(34)21(2)13-23/h4-10,13-15,24,34H,11-12,16-19H2,1-3H3,(H,32,35). The van der Waals surface area contributed by atoms with Crippen molar-refractivity contribution in [2.24, 2.45) is 5.41 Å². The average Bonchev–Trinajstić information content (AvgIpc) is 3.35.